The summed E-state index contributed by atoms with van der Waals surface area (Å²) in [6, 6.07) is 1.37. The maximum Gasteiger partial charge on any atom is 0.0145 e. The van der Waals surface area contributed by atoms with Crippen LogP contribution in [0, 0.1) is 11.8 Å². The first-order valence-electron chi connectivity index (χ1n) is 7.90. The van der Waals surface area contributed by atoms with Gasteiger partial charge in [0.1, 0.15) is 0 Å². The van der Waals surface area contributed by atoms with Crippen LogP contribution in [0.2, 0.25) is 0 Å². The van der Waals surface area contributed by atoms with Crippen molar-refractivity contribution in [1.82, 2.24) is 9.80 Å². The minimum absolute atomic E-state index is 0.494. The fourth-order valence-electron chi connectivity index (χ4n) is 4.54. The van der Waals surface area contributed by atoms with Gasteiger partial charge in [-0.3, -0.25) is 0 Å². The minimum Gasteiger partial charge on any atom is -0.328 e. The molecule has 2 heterocycles. The van der Waals surface area contributed by atoms with Crippen molar-refractivity contribution in [3.05, 3.63) is 0 Å². The Kier molecular flexibility index (Phi) is 3.92. The predicted molar refractivity (Wildman–Crippen MR) is 75.5 cm³/mol. The molecule has 4 atom stereocenters. The number of fused-ring (bicyclic) bond motifs is 1. The molecule has 3 nitrogen and oxygen atoms in total. The van der Waals surface area contributed by atoms with Gasteiger partial charge in [0, 0.05) is 25.2 Å². The second-order valence-electron chi connectivity index (χ2n) is 6.94. The zero-order valence-corrected chi connectivity index (χ0v) is 11.9. The third-order valence-corrected chi connectivity index (χ3v) is 5.53. The van der Waals surface area contributed by atoms with E-state index in [-0.39, 0.29) is 0 Å². The van der Waals surface area contributed by atoms with E-state index in [9.17, 15) is 0 Å². The number of rotatable bonds is 2. The first-order chi connectivity index (χ1) is 8.72. The molecule has 3 rings (SSSR count). The van der Waals surface area contributed by atoms with Crippen LogP contribution in [0.3, 0.4) is 0 Å². The normalized spacial score (nSPS) is 43.0. The molecule has 4 unspecified atom stereocenters. The van der Waals surface area contributed by atoms with Gasteiger partial charge in [0.25, 0.3) is 0 Å². The number of hydrogen-bond donors (Lipinski definition) is 1. The van der Waals surface area contributed by atoms with E-state index in [0.717, 1.165) is 17.9 Å². The second-order valence-corrected chi connectivity index (χ2v) is 6.94. The Labute approximate surface area is 112 Å². The lowest BCUT2D eigenvalue weighted by Crippen LogP contribution is -2.53. The van der Waals surface area contributed by atoms with E-state index in [2.05, 4.69) is 16.8 Å². The van der Waals surface area contributed by atoms with Crippen LogP contribution in [0.15, 0.2) is 0 Å². The SMILES string of the molecule is CN1CCCC2CN(CC3CCC(N)C3)CCC21. The van der Waals surface area contributed by atoms with E-state index in [1.165, 1.54) is 64.7 Å². The Hall–Kier alpha value is -0.120. The van der Waals surface area contributed by atoms with Crippen LogP contribution < -0.4 is 5.73 Å². The molecule has 18 heavy (non-hydrogen) atoms. The van der Waals surface area contributed by atoms with Crippen LogP contribution in [0.25, 0.3) is 0 Å². The Morgan fingerprint density at radius 2 is 2.00 bits per heavy atom. The van der Waals surface area contributed by atoms with Crippen molar-refractivity contribution >= 4 is 0 Å². The fourth-order valence-corrected chi connectivity index (χ4v) is 4.54. The third kappa shape index (κ3) is 2.73. The second kappa shape index (κ2) is 5.48. The van der Waals surface area contributed by atoms with Crippen LogP contribution in [0.4, 0.5) is 0 Å². The Morgan fingerprint density at radius 1 is 1.11 bits per heavy atom. The number of nitrogens with zero attached hydrogens (tertiary/aromatic N) is 2. The minimum atomic E-state index is 0.494. The Balaban J connectivity index is 1.51. The summed E-state index contributed by atoms with van der Waals surface area (Å²) in [5, 5.41) is 0. The number of likely N-dealkylation sites (tertiary alicyclic amines) is 2. The van der Waals surface area contributed by atoms with Gasteiger partial charge in [0.15, 0.2) is 0 Å². The molecule has 2 saturated heterocycles. The lowest BCUT2D eigenvalue weighted by molar-refractivity contribution is 0.0327. The largest absolute Gasteiger partial charge is 0.328 e. The zero-order valence-electron chi connectivity index (χ0n) is 11.9. The van der Waals surface area contributed by atoms with Gasteiger partial charge in [-0.05, 0) is 70.5 Å². The van der Waals surface area contributed by atoms with Crippen LogP contribution >= 0.6 is 0 Å². The van der Waals surface area contributed by atoms with Crippen molar-refractivity contribution in [2.45, 2.75) is 50.6 Å². The molecular formula is C15H29N3. The Bertz CT molecular complexity index is 281. The van der Waals surface area contributed by atoms with Gasteiger partial charge in [-0.1, -0.05) is 0 Å². The zero-order chi connectivity index (χ0) is 12.5. The van der Waals surface area contributed by atoms with Gasteiger partial charge in [-0.15, -0.1) is 0 Å². The highest BCUT2D eigenvalue weighted by Crippen LogP contribution is 2.31. The van der Waals surface area contributed by atoms with E-state index in [1.807, 2.05) is 0 Å². The summed E-state index contributed by atoms with van der Waals surface area (Å²) in [5.74, 6) is 1.82. The van der Waals surface area contributed by atoms with Crippen molar-refractivity contribution < 1.29 is 0 Å². The molecule has 104 valence electrons. The summed E-state index contributed by atoms with van der Waals surface area (Å²) in [6.07, 6.45) is 8.14. The highest BCUT2D eigenvalue weighted by molar-refractivity contribution is 4.90. The van der Waals surface area contributed by atoms with Gasteiger partial charge in [0.2, 0.25) is 0 Å². The Morgan fingerprint density at radius 3 is 2.78 bits per heavy atom. The number of nitrogens with two attached hydrogens (primary N) is 1. The predicted octanol–water partition coefficient (Wildman–Crippen LogP) is 1.53. The van der Waals surface area contributed by atoms with E-state index >= 15 is 0 Å². The average Bonchev–Trinajstić information content (AvgIpc) is 2.75. The molecular weight excluding hydrogens is 222 g/mol. The summed E-state index contributed by atoms with van der Waals surface area (Å²) in [7, 11) is 2.32. The molecule has 0 spiro atoms. The maximum atomic E-state index is 6.03. The maximum absolute atomic E-state index is 6.03. The lowest BCUT2D eigenvalue weighted by atomic mass is 9.84. The first-order valence-corrected chi connectivity index (χ1v) is 7.90. The smallest absolute Gasteiger partial charge is 0.0145 e. The fraction of sp³-hybridized carbons (Fsp3) is 1.00. The van der Waals surface area contributed by atoms with Crippen molar-refractivity contribution in [3.8, 4) is 0 Å². The molecule has 0 aromatic carbocycles. The topological polar surface area (TPSA) is 32.5 Å². The van der Waals surface area contributed by atoms with Crippen molar-refractivity contribution in [2.24, 2.45) is 17.6 Å². The van der Waals surface area contributed by atoms with E-state index < -0.39 is 0 Å². The van der Waals surface area contributed by atoms with E-state index in [1.54, 1.807) is 0 Å². The summed E-state index contributed by atoms with van der Waals surface area (Å²) >= 11 is 0. The summed E-state index contributed by atoms with van der Waals surface area (Å²) in [6.45, 7) is 5.30. The van der Waals surface area contributed by atoms with Crippen LogP contribution in [0.1, 0.15) is 38.5 Å². The van der Waals surface area contributed by atoms with Gasteiger partial charge >= 0.3 is 0 Å². The molecule has 3 aliphatic rings. The molecule has 2 aliphatic heterocycles. The number of hydrogen-bond acceptors (Lipinski definition) is 3. The summed E-state index contributed by atoms with van der Waals surface area (Å²) in [5.41, 5.74) is 6.03. The molecule has 0 aromatic rings. The molecule has 2 N–H and O–H groups in total. The van der Waals surface area contributed by atoms with Gasteiger partial charge in [0.05, 0.1) is 0 Å². The molecule has 1 aliphatic carbocycles. The van der Waals surface area contributed by atoms with Gasteiger partial charge in [-0.25, -0.2) is 0 Å². The highest BCUT2D eigenvalue weighted by atomic mass is 15.2. The quantitative estimate of drug-likeness (QED) is 0.808. The van der Waals surface area contributed by atoms with Crippen molar-refractivity contribution in [3.63, 3.8) is 0 Å². The van der Waals surface area contributed by atoms with Crippen molar-refractivity contribution in [2.75, 3.05) is 33.2 Å². The first kappa shape index (κ1) is 12.9. The highest BCUT2D eigenvalue weighted by Gasteiger charge is 2.35. The standard InChI is InChI=1S/C15H29N3/c1-17-7-2-3-13-11-18(8-6-15(13)17)10-12-4-5-14(16)9-12/h12-15H,2-11,16H2,1H3. The van der Waals surface area contributed by atoms with Crippen LogP contribution in [0.5, 0.6) is 0 Å². The van der Waals surface area contributed by atoms with E-state index in [4.69, 9.17) is 5.73 Å². The third-order valence-electron chi connectivity index (χ3n) is 5.53. The number of piperidine rings is 2. The molecule has 3 heteroatoms. The van der Waals surface area contributed by atoms with Crippen LogP contribution in [-0.2, 0) is 0 Å². The lowest BCUT2D eigenvalue weighted by Gasteiger charge is -2.46. The average molecular weight is 251 g/mol. The summed E-state index contributed by atoms with van der Waals surface area (Å²) in [4.78, 5) is 5.35. The molecule has 1 saturated carbocycles. The van der Waals surface area contributed by atoms with Crippen molar-refractivity contribution in [1.29, 1.82) is 0 Å². The molecule has 0 radical (unpaired) electrons. The molecule has 0 bridgehead atoms. The van der Waals surface area contributed by atoms with E-state index in [0.29, 0.717) is 6.04 Å². The molecule has 0 aromatic heterocycles. The summed E-state index contributed by atoms with van der Waals surface area (Å²) < 4.78 is 0. The molecule has 0 amide bonds. The molecule has 3 fully saturated rings. The van der Waals surface area contributed by atoms with Crippen LogP contribution in [-0.4, -0.2) is 55.1 Å². The monoisotopic (exact) mass is 251 g/mol. The van der Waals surface area contributed by atoms with Gasteiger partial charge < -0.3 is 15.5 Å². The van der Waals surface area contributed by atoms with Gasteiger partial charge in [-0.2, -0.15) is 0 Å².